The van der Waals surface area contributed by atoms with Crippen molar-refractivity contribution in [2.45, 2.75) is 63.9 Å². The molecule has 0 spiro atoms. The largest absolute Gasteiger partial charge is 0.290 e. The van der Waals surface area contributed by atoms with Crippen molar-refractivity contribution >= 4 is 11.4 Å². The molecule has 0 bridgehead atoms. The van der Waals surface area contributed by atoms with Crippen LogP contribution in [0.3, 0.4) is 0 Å². The molecular formula is C28H30N4O4. The van der Waals surface area contributed by atoms with Gasteiger partial charge in [-0.2, -0.15) is 0 Å². The molecule has 0 saturated heterocycles. The lowest BCUT2D eigenvalue weighted by Gasteiger charge is -2.47. The van der Waals surface area contributed by atoms with Crippen molar-refractivity contribution in [2.24, 2.45) is 0 Å². The van der Waals surface area contributed by atoms with Gasteiger partial charge in [-0.1, -0.05) is 61.4 Å². The Bertz CT molecular complexity index is 1130. The van der Waals surface area contributed by atoms with Crippen LogP contribution in [0.5, 0.6) is 0 Å². The molecular weight excluding hydrogens is 456 g/mol. The van der Waals surface area contributed by atoms with E-state index in [-0.39, 0.29) is 21.2 Å². The van der Waals surface area contributed by atoms with Crippen LogP contribution in [0.25, 0.3) is 0 Å². The average molecular weight is 487 g/mol. The molecule has 1 aliphatic carbocycles. The summed E-state index contributed by atoms with van der Waals surface area (Å²) in [5.74, 6) is 0. The lowest BCUT2D eigenvalue weighted by atomic mass is 9.85. The Kier molecular flexibility index (Phi) is 7.06. The maximum absolute atomic E-state index is 11.1. The van der Waals surface area contributed by atoms with E-state index in [0.29, 0.717) is 12.1 Å². The van der Waals surface area contributed by atoms with E-state index >= 15 is 0 Å². The SMILES string of the molecule is O=[N+]([O-])c1ccc(CN2Cc3ccccc3CN(Cc3ccc([N+](=O)[O-])cc3)[C@@H]3CCCC[C@H]32)cc1. The summed E-state index contributed by atoms with van der Waals surface area (Å²) in [7, 11) is 0. The van der Waals surface area contributed by atoms with Crippen molar-refractivity contribution in [3.05, 3.63) is 115 Å². The van der Waals surface area contributed by atoms with Crippen LogP contribution in [-0.2, 0) is 26.2 Å². The number of fused-ring (bicyclic) bond motifs is 2. The van der Waals surface area contributed by atoms with Crippen LogP contribution in [0.15, 0.2) is 72.8 Å². The summed E-state index contributed by atoms with van der Waals surface area (Å²) in [6.07, 6.45) is 4.59. The average Bonchev–Trinajstić information content (AvgIpc) is 2.88. The summed E-state index contributed by atoms with van der Waals surface area (Å²) >= 11 is 0. The van der Waals surface area contributed by atoms with Crippen molar-refractivity contribution in [1.82, 2.24) is 9.80 Å². The summed E-state index contributed by atoms with van der Waals surface area (Å²) in [5, 5.41) is 22.2. The van der Waals surface area contributed by atoms with Gasteiger partial charge >= 0.3 is 0 Å². The van der Waals surface area contributed by atoms with Crippen molar-refractivity contribution in [1.29, 1.82) is 0 Å². The molecule has 5 rings (SSSR count). The topological polar surface area (TPSA) is 92.8 Å². The summed E-state index contributed by atoms with van der Waals surface area (Å²) < 4.78 is 0. The smallest absolute Gasteiger partial charge is 0.269 e. The van der Waals surface area contributed by atoms with Crippen LogP contribution < -0.4 is 0 Å². The Labute approximate surface area is 210 Å². The predicted octanol–water partition coefficient (Wildman–Crippen LogP) is 5.83. The van der Waals surface area contributed by atoms with E-state index < -0.39 is 0 Å². The summed E-state index contributed by atoms with van der Waals surface area (Å²) in [4.78, 5) is 26.6. The Balaban J connectivity index is 1.46. The van der Waals surface area contributed by atoms with Gasteiger partial charge < -0.3 is 0 Å². The molecule has 186 valence electrons. The highest BCUT2D eigenvalue weighted by atomic mass is 16.6. The number of nitrogens with zero attached hydrogens (tertiary/aromatic N) is 4. The highest BCUT2D eigenvalue weighted by Crippen LogP contribution is 2.34. The second-order valence-electron chi connectivity index (χ2n) is 9.84. The van der Waals surface area contributed by atoms with Crippen molar-refractivity contribution < 1.29 is 9.85 Å². The molecule has 36 heavy (non-hydrogen) atoms. The minimum Gasteiger partial charge on any atom is -0.290 e. The van der Waals surface area contributed by atoms with E-state index in [2.05, 4.69) is 34.1 Å². The Morgan fingerprint density at radius 1 is 0.639 bits per heavy atom. The fourth-order valence-corrected chi connectivity index (χ4v) is 5.74. The molecule has 1 heterocycles. The minimum atomic E-state index is -0.358. The molecule has 8 heteroatoms. The van der Waals surface area contributed by atoms with E-state index in [1.807, 2.05) is 24.3 Å². The Morgan fingerprint density at radius 2 is 1.03 bits per heavy atom. The van der Waals surface area contributed by atoms with E-state index in [9.17, 15) is 20.2 Å². The first-order valence-electron chi connectivity index (χ1n) is 12.5. The van der Waals surface area contributed by atoms with Crippen LogP contribution in [0.4, 0.5) is 11.4 Å². The second kappa shape index (κ2) is 10.6. The van der Waals surface area contributed by atoms with Gasteiger partial charge in [0.1, 0.15) is 0 Å². The van der Waals surface area contributed by atoms with Gasteiger partial charge in [-0.3, -0.25) is 30.0 Å². The van der Waals surface area contributed by atoms with E-state index in [1.165, 1.54) is 24.0 Å². The highest BCUT2D eigenvalue weighted by molar-refractivity contribution is 5.35. The van der Waals surface area contributed by atoms with Gasteiger partial charge in [0.25, 0.3) is 11.4 Å². The molecule has 1 aliphatic heterocycles. The number of hydrogen-bond acceptors (Lipinski definition) is 6. The molecule has 0 amide bonds. The number of nitro groups is 2. The maximum Gasteiger partial charge on any atom is 0.269 e. The lowest BCUT2D eigenvalue weighted by molar-refractivity contribution is -0.385. The minimum absolute atomic E-state index is 0.113. The molecule has 1 saturated carbocycles. The first-order valence-corrected chi connectivity index (χ1v) is 12.5. The Morgan fingerprint density at radius 3 is 1.39 bits per heavy atom. The normalized spacial score (nSPS) is 20.6. The van der Waals surface area contributed by atoms with E-state index in [0.717, 1.165) is 50.1 Å². The van der Waals surface area contributed by atoms with Crippen LogP contribution in [0.2, 0.25) is 0 Å². The van der Waals surface area contributed by atoms with Crippen LogP contribution in [0.1, 0.15) is 47.9 Å². The van der Waals surface area contributed by atoms with Gasteiger partial charge in [0.2, 0.25) is 0 Å². The first-order chi connectivity index (χ1) is 17.5. The quantitative estimate of drug-likeness (QED) is 0.321. The zero-order valence-corrected chi connectivity index (χ0v) is 20.2. The van der Waals surface area contributed by atoms with Gasteiger partial charge in [-0.15, -0.1) is 0 Å². The fourth-order valence-electron chi connectivity index (χ4n) is 5.74. The lowest BCUT2D eigenvalue weighted by Crippen LogP contribution is -2.53. The van der Waals surface area contributed by atoms with Crippen molar-refractivity contribution in [2.75, 3.05) is 0 Å². The van der Waals surface area contributed by atoms with E-state index in [1.54, 1.807) is 24.3 Å². The van der Waals surface area contributed by atoms with E-state index in [4.69, 9.17) is 0 Å². The molecule has 0 unspecified atom stereocenters. The third-order valence-electron chi connectivity index (χ3n) is 7.56. The highest BCUT2D eigenvalue weighted by Gasteiger charge is 2.36. The standard InChI is InChI=1S/C28H30N4O4/c33-31(34)25-13-9-21(10-14-25)17-29-19-23-5-1-2-6-24(23)20-30(28-8-4-3-7-27(28)29)18-22-11-15-26(16-12-22)32(35)36/h1-2,5-6,9-16,27-28H,3-4,7-8,17-20H2/t27-,28-/m1/s1. The summed E-state index contributed by atoms with van der Waals surface area (Å²) in [6.45, 7) is 3.16. The molecule has 1 fully saturated rings. The summed E-state index contributed by atoms with van der Waals surface area (Å²) in [6, 6.07) is 23.1. The number of benzene rings is 3. The number of rotatable bonds is 6. The van der Waals surface area contributed by atoms with Crippen LogP contribution in [0, 0.1) is 20.2 Å². The molecule has 0 radical (unpaired) electrons. The Hall–Kier alpha value is -3.62. The number of nitro benzene ring substituents is 2. The molecule has 3 aromatic rings. The zero-order chi connectivity index (χ0) is 25.1. The van der Waals surface area contributed by atoms with Gasteiger partial charge in [0.05, 0.1) is 9.85 Å². The van der Waals surface area contributed by atoms with Crippen molar-refractivity contribution in [3.8, 4) is 0 Å². The molecule has 0 N–H and O–H groups in total. The summed E-state index contributed by atoms with van der Waals surface area (Å²) in [5.41, 5.74) is 4.98. The van der Waals surface area contributed by atoms with Crippen LogP contribution >= 0.6 is 0 Å². The van der Waals surface area contributed by atoms with Crippen molar-refractivity contribution in [3.63, 3.8) is 0 Å². The molecule has 2 aliphatic rings. The van der Waals surface area contributed by atoms with Gasteiger partial charge in [-0.25, -0.2) is 0 Å². The monoisotopic (exact) mass is 486 g/mol. The first kappa shape index (κ1) is 24.1. The third-order valence-corrected chi connectivity index (χ3v) is 7.56. The van der Waals surface area contributed by atoms with Gasteiger partial charge in [0, 0.05) is 62.5 Å². The molecule has 3 aromatic carbocycles. The van der Waals surface area contributed by atoms with Crippen LogP contribution in [-0.4, -0.2) is 31.7 Å². The number of hydrogen-bond donors (Lipinski definition) is 0. The van der Waals surface area contributed by atoms with Gasteiger partial charge in [0.15, 0.2) is 0 Å². The second-order valence-corrected chi connectivity index (χ2v) is 9.84. The zero-order valence-electron chi connectivity index (χ0n) is 20.2. The third kappa shape index (κ3) is 5.29. The van der Waals surface area contributed by atoms with Gasteiger partial charge in [-0.05, 0) is 35.1 Å². The molecule has 8 nitrogen and oxygen atoms in total. The molecule has 0 aromatic heterocycles. The predicted molar refractivity (Wildman–Crippen MR) is 137 cm³/mol. The number of non-ortho nitro benzene ring substituents is 2. The maximum atomic E-state index is 11.1. The fraction of sp³-hybridized carbons (Fsp3) is 0.357. The molecule has 2 atom stereocenters.